The van der Waals surface area contributed by atoms with Gasteiger partial charge in [-0.3, -0.25) is 0 Å². The van der Waals surface area contributed by atoms with E-state index in [2.05, 4.69) is 9.62 Å². The predicted octanol–water partition coefficient (Wildman–Crippen LogP) is 4.04. The molecule has 2 fully saturated rings. The summed E-state index contributed by atoms with van der Waals surface area (Å²) < 4.78 is 28.5. The average Bonchev–Trinajstić information content (AvgIpc) is 3.24. The van der Waals surface area contributed by atoms with Crippen molar-refractivity contribution >= 4 is 10.0 Å². The Bertz CT molecular complexity index is 836. The van der Waals surface area contributed by atoms with Gasteiger partial charge in [0.2, 0.25) is 10.0 Å². The molecular weight excluding hydrogens is 356 g/mol. The van der Waals surface area contributed by atoms with Crippen LogP contribution in [0.1, 0.15) is 38.5 Å². The molecule has 5 heteroatoms. The Morgan fingerprint density at radius 2 is 1.37 bits per heavy atom. The van der Waals surface area contributed by atoms with Gasteiger partial charge in [0.1, 0.15) is 0 Å². The first-order valence-corrected chi connectivity index (χ1v) is 11.5. The van der Waals surface area contributed by atoms with Crippen LogP contribution in [-0.2, 0) is 10.0 Å². The van der Waals surface area contributed by atoms with E-state index >= 15 is 0 Å². The molecule has 4 nitrogen and oxygen atoms in total. The van der Waals surface area contributed by atoms with E-state index in [-0.39, 0.29) is 6.04 Å². The summed E-state index contributed by atoms with van der Waals surface area (Å²) in [4.78, 5) is 2.94. The van der Waals surface area contributed by atoms with E-state index in [9.17, 15) is 8.42 Å². The van der Waals surface area contributed by atoms with E-state index in [0.29, 0.717) is 10.9 Å². The van der Waals surface area contributed by atoms with Gasteiger partial charge in [-0.15, -0.1) is 0 Å². The first kappa shape index (κ1) is 18.7. The molecule has 2 aromatic rings. The van der Waals surface area contributed by atoms with Crippen LogP contribution in [0.15, 0.2) is 59.5 Å². The van der Waals surface area contributed by atoms with Crippen molar-refractivity contribution in [3.05, 3.63) is 54.6 Å². The Hall–Kier alpha value is -1.69. The lowest BCUT2D eigenvalue weighted by molar-refractivity contribution is 0.179. The Labute approximate surface area is 162 Å². The highest BCUT2D eigenvalue weighted by Gasteiger charge is 2.29. The van der Waals surface area contributed by atoms with Crippen molar-refractivity contribution in [3.8, 4) is 11.1 Å². The first-order chi connectivity index (χ1) is 13.1. The molecular formula is C22H28N2O2S. The van der Waals surface area contributed by atoms with Crippen LogP contribution in [0.25, 0.3) is 11.1 Å². The average molecular weight is 385 g/mol. The Balaban J connectivity index is 1.37. The maximum Gasteiger partial charge on any atom is 0.240 e. The van der Waals surface area contributed by atoms with E-state index < -0.39 is 10.0 Å². The molecule has 1 aliphatic heterocycles. The van der Waals surface area contributed by atoms with Gasteiger partial charge < -0.3 is 4.90 Å². The molecule has 1 saturated heterocycles. The molecule has 0 amide bonds. The molecule has 1 N–H and O–H groups in total. The first-order valence-electron chi connectivity index (χ1n) is 10.0. The fraction of sp³-hybridized carbons (Fsp3) is 0.455. The molecule has 0 spiro atoms. The second kappa shape index (κ2) is 8.13. The molecule has 4 rings (SSSR count). The van der Waals surface area contributed by atoms with Crippen LogP contribution in [-0.4, -0.2) is 38.5 Å². The van der Waals surface area contributed by atoms with E-state index in [0.717, 1.165) is 36.8 Å². The maximum atomic E-state index is 12.8. The molecule has 0 radical (unpaired) electrons. The zero-order chi connectivity index (χ0) is 18.7. The van der Waals surface area contributed by atoms with Crippen LogP contribution >= 0.6 is 0 Å². The van der Waals surface area contributed by atoms with Crippen molar-refractivity contribution in [2.45, 2.75) is 55.5 Å². The highest BCUT2D eigenvalue weighted by Crippen LogP contribution is 2.27. The summed E-state index contributed by atoms with van der Waals surface area (Å²) in [6.45, 7) is 2.43. The van der Waals surface area contributed by atoms with Crippen molar-refractivity contribution in [1.82, 2.24) is 9.62 Å². The van der Waals surface area contributed by atoms with Crippen molar-refractivity contribution < 1.29 is 8.42 Å². The number of nitrogens with one attached hydrogen (secondary N) is 1. The standard InChI is InChI=1S/C22H28N2O2S/c25-27(26,22-14-8-19(9-15-22)18-6-2-1-3-7-18)23-20-10-12-21(13-11-20)24-16-4-5-17-24/h1-3,6-9,14-15,20-21,23H,4-5,10-13,16-17H2. The summed E-state index contributed by atoms with van der Waals surface area (Å²) in [6.07, 6.45) is 6.68. The number of sulfonamides is 1. The number of nitrogens with zero attached hydrogens (tertiary/aromatic N) is 1. The van der Waals surface area contributed by atoms with Gasteiger partial charge in [0.15, 0.2) is 0 Å². The molecule has 1 saturated carbocycles. The van der Waals surface area contributed by atoms with Crippen molar-refractivity contribution in [1.29, 1.82) is 0 Å². The van der Waals surface area contributed by atoms with Gasteiger partial charge in [-0.05, 0) is 74.9 Å². The van der Waals surface area contributed by atoms with Gasteiger partial charge >= 0.3 is 0 Å². The number of rotatable bonds is 5. The highest BCUT2D eigenvalue weighted by atomic mass is 32.2. The minimum absolute atomic E-state index is 0.0580. The molecule has 27 heavy (non-hydrogen) atoms. The lowest BCUT2D eigenvalue weighted by Gasteiger charge is -2.34. The molecule has 0 aromatic heterocycles. The van der Waals surface area contributed by atoms with Gasteiger partial charge in [0.25, 0.3) is 0 Å². The second-order valence-electron chi connectivity index (χ2n) is 7.76. The number of hydrogen-bond donors (Lipinski definition) is 1. The summed E-state index contributed by atoms with van der Waals surface area (Å²) in [5.41, 5.74) is 2.12. The summed E-state index contributed by atoms with van der Waals surface area (Å²) in [6, 6.07) is 17.9. The molecule has 2 aliphatic rings. The van der Waals surface area contributed by atoms with Crippen molar-refractivity contribution in [2.24, 2.45) is 0 Å². The minimum Gasteiger partial charge on any atom is -0.300 e. The molecule has 0 atom stereocenters. The van der Waals surface area contributed by atoms with E-state index in [1.165, 1.54) is 25.9 Å². The van der Waals surface area contributed by atoms with E-state index in [4.69, 9.17) is 0 Å². The summed E-state index contributed by atoms with van der Waals surface area (Å²) >= 11 is 0. The van der Waals surface area contributed by atoms with Crippen LogP contribution in [0.5, 0.6) is 0 Å². The number of benzene rings is 2. The summed E-state index contributed by atoms with van der Waals surface area (Å²) in [5.74, 6) is 0. The fourth-order valence-electron chi connectivity index (χ4n) is 4.41. The predicted molar refractivity (Wildman–Crippen MR) is 109 cm³/mol. The summed E-state index contributed by atoms with van der Waals surface area (Å²) in [7, 11) is -3.46. The van der Waals surface area contributed by atoms with Crippen LogP contribution in [0.2, 0.25) is 0 Å². The Morgan fingerprint density at radius 1 is 0.778 bits per heavy atom. The number of likely N-dealkylation sites (tertiary alicyclic amines) is 1. The van der Waals surface area contributed by atoms with Crippen molar-refractivity contribution in [2.75, 3.05) is 13.1 Å². The summed E-state index contributed by atoms with van der Waals surface area (Å²) in [5, 5.41) is 0. The van der Waals surface area contributed by atoms with Crippen LogP contribution in [0.3, 0.4) is 0 Å². The van der Waals surface area contributed by atoms with E-state index in [1.807, 2.05) is 42.5 Å². The van der Waals surface area contributed by atoms with Crippen LogP contribution < -0.4 is 4.72 Å². The van der Waals surface area contributed by atoms with Gasteiger partial charge in [-0.25, -0.2) is 13.1 Å². The monoisotopic (exact) mass is 384 g/mol. The lowest BCUT2D eigenvalue weighted by atomic mass is 9.91. The highest BCUT2D eigenvalue weighted by molar-refractivity contribution is 7.89. The molecule has 0 bridgehead atoms. The molecule has 144 valence electrons. The molecule has 1 heterocycles. The SMILES string of the molecule is O=S(=O)(NC1CCC(N2CCCC2)CC1)c1ccc(-c2ccccc2)cc1. The van der Waals surface area contributed by atoms with Gasteiger partial charge in [0, 0.05) is 12.1 Å². The third kappa shape index (κ3) is 4.42. The Kier molecular flexibility index (Phi) is 5.62. The van der Waals surface area contributed by atoms with E-state index in [1.54, 1.807) is 12.1 Å². The molecule has 1 aliphatic carbocycles. The van der Waals surface area contributed by atoms with Crippen molar-refractivity contribution in [3.63, 3.8) is 0 Å². The molecule has 0 unspecified atom stereocenters. The normalized spacial score (nSPS) is 24.1. The van der Waals surface area contributed by atoms with Gasteiger partial charge in [-0.1, -0.05) is 42.5 Å². The zero-order valence-corrected chi connectivity index (χ0v) is 16.5. The fourth-order valence-corrected chi connectivity index (χ4v) is 5.72. The quantitative estimate of drug-likeness (QED) is 0.846. The Morgan fingerprint density at radius 3 is 2.00 bits per heavy atom. The maximum absolute atomic E-state index is 12.8. The second-order valence-corrected chi connectivity index (χ2v) is 9.47. The molecule has 2 aromatic carbocycles. The zero-order valence-electron chi connectivity index (χ0n) is 15.7. The smallest absolute Gasteiger partial charge is 0.240 e. The number of hydrogen-bond acceptors (Lipinski definition) is 3. The third-order valence-electron chi connectivity index (χ3n) is 5.95. The topological polar surface area (TPSA) is 49.4 Å². The van der Waals surface area contributed by atoms with Gasteiger partial charge in [-0.2, -0.15) is 0 Å². The minimum atomic E-state index is -3.46. The van der Waals surface area contributed by atoms with Crippen LogP contribution in [0, 0.1) is 0 Å². The third-order valence-corrected chi connectivity index (χ3v) is 7.48. The van der Waals surface area contributed by atoms with Crippen LogP contribution in [0.4, 0.5) is 0 Å². The largest absolute Gasteiger partial charge is 0.300 e. The van der Waals surface area contributed by atoms with Gasteiger partial charge in [0.05, 0.1) is 4.90 Å². The lowest BCUT2D eigenvalue weighted by Crippen LogP contribution is -2.43.